The number of ether oxygens (including phenoxy) is 1. The molecule has 8 nitrogen and oxygen atoms in total. The first kappa shape index (κ1) is 16.5. The van der Waals surface area contributed by atoms with Crippen LogP contribution in [0.25, 0.3) is 0 Å². The van der Waals surface area contributed by atoms with E-state index >= 15 is 0 Å². The molecule has 0 spiro atoms. The molecule has 0 saturated carbocycles. The number of rotatable bonds is 6. The van der Waals surface area contributed by atoms with Crippen molar-refractivity contribution in [2.75, 3.05) is 39.8 Å². The Labute approximate surface area is 140 Å². The molecule has 2 aromatic rings. The maximum atomic E-state index is 11.7. The molecule has 1 saturated heterocycles. The molecule has 128 valence electrons. The highest BCUT2D eigenvalue weighted by molar-refractivity contribution is 5.05. The summed E-state index contributed by atoms with van der Waals surface area (Å²) in [6.07, 6.45) is 3.37. The summed E-state index contributed by atoms with van der Waals surface area (Å²) in [5, 5.41) is 4.09. The summed E-state index contributed by atoms with van der Waals surface area (Å²) in [4.78, 5) is 24.8. The quantitative estimate of drug-likeness (QED) is 0.729. The van der Waals surface area contributed by atoms with Crippen LogP contribution < -0.4 is 10.3 Å². The third-order valence-corrected chi connectivity index (χ3v) is 4.14. The minimum atomic E-state index is -0.0474. The van der Waals surface area contributed by atoms with Crippen LogP contribution in [-0.2, 0) is 13.1 Å². The fourth-order valence-electron chi connectivity index (χ4n) is 2.75. The van der Waals surface area contributed by atoms with Crippen LogP contribution in [0.3, 0.4) is 0 Å². The van der Waals surface area contributed by atoms with Gasteiger partial charge in [-0.15, -0.1) is 0 Å². The molecule has 3 heterocycles. The summed E-state index contributed by atoms with van der Waals surface area (Å²) in [6, 6.07) is 5.54. The van der Waals surface area contributed by atoms with Crippen molar-refractivity contribution < 1.29 is 4.74 Å². The second kappa shape index (κ2) is 7.98. The van der Waals surface area contributed by atoms with Crippen molar-refractivity contribution in [3.05, 3.63) is 46.6 Å². The third kappa shape index (κ3) is 4.36. The molecule has 0 amide bonds. The van der Waals surface area contributed by atoms with Gasteiger partial charge >= 0.3 is 6.01 Å². The first-order valence-electron chi connectivity index (χ1n) is 8.07. The first-order chi connectivity index (χ1) is 11.7. The van der Waals surface area contributed by atoms with Crippen molar-refractivity contribution in [1.29, 1.82) is 0 Å². The zero-order valence-electron chi connectivity index (χ0n) is 13.8. The summed E-state index contributed by atoms with van der Waals surface area (Å²) >= 11 is 0. The zero-order chi connectivity index (χ0) is 16.8. The number of hydrogen-bond acceptors (Lipinski definition) is 7. The number of piperazine rings is 1. The Kier molecular flexibility index (Phi) is 5.50. The van der Waals surface area contributed by atoms with E-state index in [1.165, 1.54) is 4.68 Å². The van der Waals surface area contributed by atoms with Gasteiger partial charge < -0.3 is 4.74 Å². The molecule has 0 aliphatic carbocycles. The van der Waals surface area contributed by atoms with E-state index < -0.39 is 0 Å². The Hall–Kier alpha value is -2.32. The molecule has 3 rings (SSSR count). The molecule has 24 heavy (non-hydrogen) atoms. The van der Waals surface area contributed by atoms with Gasteiger partial charge in [-0.1, -0.05) is 0 Å². The Balaban J connectivity index is 1.45. The SMILES string of the molecule is COc1nccc(CN2CCN(CCn3ncccc3=O)CC2)n1. The van der Waals surface area contributed by atoms with Gasteiger partial charge in [-0.3, -0.25) is 14.6 Å². The van der Waals surface area contributed by atoms with Crippen LogP contribution in [0.5, 0.6) is 6.01 Å². The summed E-state index contributed by atoms with van der Waals surface area (Å²) < 4.78 is 6.58. The zero-order valence-corrected chi connectivity index (χ0v) is 13.8. The van der Waals surface area contributed by atoms with Gasteiger partial charge in [-0.05, 0) is 12.1 Å². The first-order valence-corrected chi connectivity index (χ1v) is 8.07. The minimum absolute atomic E-state index is 0.0474. The van der Waals surface area contributed by atoms with Crippen LogP contribution in [0.1, 0.15) is 5.69 Å². The van der Waals surface area contributed by atoms with E-state index in [4.69, 9.17) is 4.74 Å². The molecular weight excluding hydrogens is 308 g/mol. The topological polar surface area (TPSA) is 76.4 Å². The molecule has 2 aromatic heterocycles. The number of methoxy groups -OCH3 is 1. The molecule has 0 N–H and O–H groups in total. The molecule has 0 aromatic carbocycles. The van der Waals surface area contributed by atoms with Crippen molar-refractivity contribution in [3.8, 4) is 6.01 Å². The summed E-state index contributed by atoms with van der Waals surface area (Å²) in [6.45, 7) is 6.17. The highest BCUT2D eigenvalue weighted by Crippen LogP contribution is 2.08. The molecule has 0 unspecified atom stereocenters. The summed E-state index contributed by atoms with van der Waals surface area (Å²) in [5.41, 5.74) is 0.921. The lowest BCUT2D eigenvalue weighted by atomic mass is 10.3. The van der Waals surface area contributed by atoms with E-state index in [2.05, 4.69) is 24.9 Å². The second-order valence-corrected chi connectivity index (χ2v) is 5.74. The Morgan fingerprint density at radius 1 is 1.08 bits per heavy atom. The van der Waals surface area contributed by atoms with Crippen molar-refractivity contribution in [2.24, 2.45) is 0 Å². The summed E-state index contributed by atoms with van der Waals surface area (Å²) in [7, 11) is 1.57. The number of hydrogen-bond donors (Lipinski definition) is 0. The van der Waals surface area contributed by atoms with Gasteiger partial charge in [0.15, 0.2) is 0 Å². The molecular formula is C16H22N6O2. The van der Waals surface area contributed by atoms with Crippen molar-refractivity contribution >= 4 is 0 Å². The van der Waals surface area contributed by atoms with Crippen LogP contribution in [0.15, 0.2) is 35.4 Å². The van der Waals surface area contributed by atoms with E-state index in [1.807, 2.05) is 6.07 Å². The molecule has 1 aliphatic heterocycles. The fourth-order valence-corrected chi connectivity index (χ4v) is 2.75. The van der Waals surface area contributed by atoms with Gasteiger partial charge in [-0.25, -0.2) is 9.67 Å². The minimum Gasteiger partial charge on any atom is -0.467 e. The van der Waals surface area contributed by atoms with Crippen LogP contribution in [0.2, 0.25) is 0 Å². The maximum absolute atomic E-state index is 11.7. The highest BCUT2D eigenvalue weighted by Gasteiger charge is 2.17. The normalized spacial score (nSPS) is 16.2. The third-order valence-electron chi connectivity index (χ3n) is 4.14. The van der Waals surface area contributed by atoms with Gasteiger partial charge in [0.2, 0.25) is 0 Å². The smallest absolute Gasteiger partial charge is 0.316 e. The highest BCUT2D eigenvalue weighted by atomic mass is 16.5. The molecule has 0 atom stereocenters. The predicted octanol–water partition coefficient (Wildman–Crippen LogP) is -0.140. The predicted molar refractivity (Wildman–Crippen MR) is 88.8 cm³/mol. The van der Waals surface area contributed by atoms with Crippen molar-refractivity contribution in [1.82, 2.24) is 29.5 Å². The van der Waals surface area contributed by atoms with E-state index in [-0.39, 0.29) is 5.56 Å². The van der Waals surface area contributed by atoms with Gasteiger partial charge in [-0.2, -0.15) is 10.1 Å². The lowest BCUT2D eigenvalue weighted by Crippen LogP contribution is -2.47. The average molecular weight is 330 g/mol. The van der Waals surface area contributed by atoms with Gasteiger partial charge in [0.1, 0.15) is 0 Å². The molecule has 0 bridgehead atoms. The Morgan fingerprint density at radius 3 is 2.62 bits per heavy atom. The van der Waals surface area contributed by atoms with Crippen LogP contribution in [0.4, 0.5) is 0 Å². The molecule has 1 aliphatic rings. The standard InChI is InChI=1S/C16H22N6O2/c1-24-16-17-6-4-14(19-16)13-21-9-7-20(8-10-21)11-12-22-15(23)3-2-5-18-22/h2-6H,7-13H2,1H3. The average Bonchev–Trinajstić information content (AvgIpc) is 2.62. The molecule has 8 heteroatoms. The maximum Gasteiger partial charge on any atom is 0.316 e. The second-order valence-electron chi connectivity index (χ2n) is 5.74. The Morgan fingerprint density at radius 2 is 1.88 bits per heavy atom. The lowest BCUT2D eigenvalue weighted by molar-refractivity contribution is 0.121. The molecule has 0 radical (unpaired) electrons. The number of aromatic nitrogens is 4. The van der Waals surface area contributed by atoms with Crippen LogP contribution >= 0.6 is 0 Å². The van der Waals surface area contributed by atoms with Crippen LogP contribution in [0, 0.1) is 0 Å². The monoisotopic (exact) mass is 330 g/mol. The van der Waals surface area contributed by atoms with Gasteiger partial charge in [0, 0.05) is 57.7 Å². The van der Waals surface area contributed by atoms with Gasteiger partial charge in [0.25, 0.3) is 5.56 Å². The van der Waals surface area contributed by atoms with Crippen LogP contribution in [-0.4, -0.2) is 69.4 Å². The largest absolute Gasteiger partial charge is 0.467 e. The Bertz CT molecular complexity index is 711. The van der Waals surface area contributed by atoms with E-state index in [0.717, 1.165) is 45.0 Å². The van der Waals surface area contributed by atoms with Crippen molar-refractivity contribution in [2.45, 2.75) is 13.1 Å². The lowest BCUT2D eigenvalue weighted by Gasteiger charge is -2.34. The van der Waals surface area contributed by atoms with E-state index in [0.29, 0.717) is 12.6 Å². The van der Waals surface area contributed by atoms with Crippen molar-refractivity contribution in [3.63, 3.8) is 0 Å². The van der Waals surface area contributed by atoms with E-state index in [9.17, 15) is 4.79 Å². The number of nitrogens with zero attached hydrogens (tertiary/aromatic N) is 6. The van der Waals surface area contributed by atoms with Gasteiger partial charge in [0.05, 0.1) is 19.3 Å². The molecule has 1 fully saturated rings. The van der Waals surface area contributed by atoms with E-state index in [1.54, 1.807) is 31.6 Å². The summed E-state index contributed by atoms with van der Waals surface area (Å²) in [5.74, 6) is 0. The fraction of sp³-hybridized carbons (Fsp3) is 0.500.